The second-order valence-electron chi connectivity index (χ2n) is 2.94. The Morgan fingerprint density at radius 2 is 1.62 bits per heavy atom. The van der Waals surface area contributed by atoms with Gasteiger partial charge in [0.15, 0.2) is 0 Å². The van der Waals surface area contributed by atoms with E-state index in [0.717, 1.165) is 0 Å². The number of carbonyl (C=O) groups excluding carboxylic acids is 2. The number of amides is 2. The van der Waals surface area contributed by atoms with Crippen LogP contribution in [0.2, 0.25) is 0 Å². The third-order valence-corrected chi connectivity index (χ3v) is 1.42. The average Bonchev–Trinajstić information content (AvgIpc) is 1.99. The fourth-order valence-corrected chi connectivity index (χ4v) is 0.806. The number of piperidine rings is 1. The molecule has 0 radical (unpaired) electrons. The quantitative estimate of drug-likeness (QED) is 0.490. The van der Waals surface area contributed by atoms with Crippen molar-refractivity contribution in [3.05, 3.63) is 0 Å². The van der Waals surface area contributed by atoms with Crippen molar-refractivity contribution in [2.75, 3.05) is 0 Å². The third-order valence-electron chi connectivity index (χ3n) is 1.42. The molecule has 16 heavy (non-hydrogen) atoms. The van der Waals surface area contributed by atoms with Gasteiger partial charge in [-0.05, 0) is 0 Å². The molecule has 1 heterocycles. The number of carboxylic acids is 1. The SMILES string of the molecule is NC1CC(=O)NC(=O)C1.O=C(O)C(F)(F)F. The molecule has 0 bridgehead atoms. The normalized spacial score (nSPS) is 17.2. The molecule has 0 atom stereocenters. The number of halogens is 3. The first-order valence-electron chi connectivity index (χ1n) is 4.01. The van der Waals surface area contributed by atoms with E-state index < -0.39 is 12.1 Å². The summed E-state index contributed by atoms with van der Waals surface area (Å²) in [6.07, 6.45) is -4.54. The molecule has 0 saturated carbocycles. The number of imide groups is 1. The molecule has 0 unspecified atom stereocenters. The first-order chi connectivity index (χ1) is 7.12. The molecule has 92 valence electrons. The lowest BCUT2D eigenvalue weighted by atomic mass is 10.1. The molecule has 6 nitrogen and oxygen atoms in total. The van der Waals surface area contributed by atoms with Gasteiger partial charge in [-0.3, -0.25) is 14.9 Å². The van der Waals surface area contributed by atoms with Crippen LogP contribution in [0.25, 0.3) is 0 Å². The Hall–Kier alpha value is -1.64. The zero-order chi connectivity index (χ0) is 12.9. The zero-order valence-electron chi connectivity index (χ0n) is 7.87. The Balaban J connectivity index is 0.000000293. The Labute approximate surface area is 87.6 Å². The number of hydrogen-bond donors (Lipinski definition) is 3. The summed E-state index contributed by atoms with van der Waals surface area (Å²) in [6.45, 7) is 0. The van der Waals surface area contributed by atoms with E-state index in [-0.39, 0.29) is 30.7 Å². The van der Waals surface area contributed by atoms with Crippen molar-refractivity contribution < 1.29 is 32.7 Å². The summed E-state index contributed by atoms with van der Waals surface area (Å²) < 4.78 is 31.7. The monoisotopic (exact) mass is 242 g/mol. The van der Waals surface area contributed by atoms with E-state index in [1.807, 2.05) is 0 Å². The van der Waals surface area contributed by atoms with Crippen LogP contribution in [0, 0.1) is 0 Å². The van der Waals surface area contributed by atoms with Crippen molar-refractivity contribution in [1.29, 1.82) is 0 Å². The maximum absolute atomic E-state index is 10.6. The number of nitrogens with one attached hydrogen (secondary N) is 1. The fraction of sp³-hybridized carbons (Fsp3) is 0.571. The lowest BCUT2D eigenvalue weighted by Gasteiger charge is -2.15. The Kier molecular flexibility index (Phi) is 4.89. The number of carbonyl (C=O) groups is 3. The van der Waals surface area contributed by atoms with Gasteiger partial charge in [0, 0.05) is 18.9 Å². The van der Waals surface area contributed by atoms with Crippen molar-refractivity contribution in [1.82, 2.24) is 5.32 Å². The van der Waals surface area contributed by atoms with Gasteiger partial charge in [-0.1, -0.05) is 0 Å². The molecule has 0 aromatic carbocycles. The summed E-state index contributed by atoms with van der Waals surface area (Å²) in [7, 11) is 0. The van der Waals surface area contributed by atoms with E-state index in [1.165, 1.54) is 0 Å². The molecule has 1 saturated heterocycles. The highest BCUT2D eigenvalue weighted by atomic mass is 19.4. The van der Waals surface area contributed by atoms with Gasteiger partial charge in [0.05, 0.1) is 0 Å². The molecule has 1 aliphatic rings. The van der Waals surface area contributed by atoms with Crippen molar-refractivity contribution in [3.63, 3.8) is 0 Å². The third kappa shape index (κ3) is 5.96. The van der Waals surface area contributed by atoms with E-state index in [2.05, 4.69) is 5.32 Å². The van der Waals surface area contributed by atoms with Crippen LogP contribution in [0.5, 0.6) is 0 Å². The van der Waals surface area contributed by atoms with Crippen molar-refractivity contribution in [2.24, 2.45) is 5.73 Å². The van der Waals surface area contributed by atoms with E-state index in [4.69, 9.17) is 15.6 Å². The van der Waals surface area contributed by atoms with Gasteiger partial charge in [-0.15, -0.1) is 0 Å². The molecule has 9 heteroatoms. The summed E-state index contributed by atoms with van der Waals surface area (Å²) in [4.78, 5) is 29.8. The summed E-state index contributed by atoms with van der Waals surface area (Å²) in [5, 5.41) is 9.28. The van der Waals surface area contributed by atoms with Crippen LogP contribution in [-0.4, -0.2) is 35.1 Å². The highest BCUT2D eigenvalue weighted by Crippen LogP contribution is 2.13. The molecule has 0 aromatic heterocycles. The molecular formula is C7H9F3N2O4. The van der Waals surface area contributed by atoms with Gasteiger partial charge in [0.1, 0.15) is 0 Å². The molecular weight excluding hydrogens is 233 g/mol. The van der Waals surface area contributed by atoms with Gasteiger partial charge in [0.2, 0.25) is 11.8 Å². The molecule has 1 fully saturated rings. The smallest absolute Gasteiger partial charge is 0.475 e. The van der Waals surface area contributed by atoms with Crippen LogP contribution in [-0.2, 0) is 14.4 Å². The van der Waals surface area contributed by atoms with E-state index in [0.29, 0.717) is 0 Å². The van der Waals surface area contributed by atoms with Crippen molar-refractivity contribution >= 4 is 17.8 Å². The summed E-state index contributed by atoms with van der Waals surface area (Å²) >= 11 is 0. The molecule has 1 rings (SSSR count). The fourth-order valence-electron chi connectivity index (χ4n) is 0.806. The first kappa shape index (κ1) is 14.4. The van der Waals surface area contributed by atoms with Gasteiger partial charge in [-0.2, -0.15) is 13.2 Å². The van der Waals surface area contributed by atoms with Crippen LogP contribution >= 0.6 is 0 Å². The van der Waals surface area contributed by atoms with Gasteiger partial charge in [0.25, 0.3) is 0 Å². The van der Waals surface area contributed by atoms with Crippen LogP contribution in [0.15, 0.2) is 0 Å². The zero-order valence-corrected chi connectivity index (χ0v) is 7.87. The Morgan fingerprint density at radius 3 is 1.81 bits per heavy atom. The largest absolute Gasteiger partial charge is 0.490 e. The highest BCUT2D eigenvalue weighted by molar-refractivity contribution is 5.98. The first-order valence-corrected chi connectivity index (χ1v) is 4.01. The van der Waals surface area contributed by atoms with Crippen LogP contribution < -0.4 is 11.1 Å². The van der Waals surface area contributed by atoms with Crippen molar-refractivity contribution in [2.45, 2.75) is 25.1 Å². The molecule has 1 aliphatic heterocycles. The van der Waals surface area contributed by atoms with Gasteiger partial charge in [-0.25, -0.2) is 4.79 Å². The minimum absolute atomic E-state index is 0.265. The lowest BCUT2D eigenvalue weighted by Crippen LogP contribution is -2.44. The second-order valence-corrected chi connectivity index (χ2v) is 2.94. The molecule has 0 aliphatic carbocycles. The predicted octanol–water partition coefficient (Wildman–Crippen LogP) is -0.616. The van der Waals surface area contributed by atoms with Crippen LogP contribution in [0.4, 0.5) is 13.2 Å². The minimum Gasteiger partial charge on any atom is -0.475 e. The topological polar surface area (TPSA) is 109 Å². The maximum atomic E-state index is 10.6. The number of nitrogens with two attached hydrogens (primary N) is 1. The number of alkyl halides is 3. The summed E-state index contributed by atoms with van der Waals surface area (Å²) in [5.74, 6) is -3.29. The minimum atomic E-state index is -5.08. The number of hydrogen-bond acceptors (Lipinski definition) is 4. The second kappa shape index (κ2) is 5.45. The number of aliphatic carboxylic acids is 1. The maximum Gasteiger partial charge on any atom is 0.490 e. The van der Waals surface area contributed by atoms with E-state index in [9.17, 15) is 22.8 Å². The number of carboxylic acid groups (broad SMARTS) is 1. The molecule has 0 spiro atoms. The standard InChI is InChI=1S/C5H8N2O2.C2HF3O2/c6-3-1-4(8)7-5(9)2-3;3-2(4,5)1(6)7/h3H,1-2,6H2,(H,7,8,9);(H,6,7). The van der Waals surface area contributed by atoms with Gasteiger partial charge >= 0.3 is 12.1 Å². The average molecular weight is 242 g/mol. The van der Waals surface area contributed by atoms with Crippen LogP contribution in [0.1, 0.15) is 12.8 Å². The lowest BCUT2D eigenvalue weighted by molar-refractivity contribution is -0.192. The molecule has 2 amide bonds. The van der Waals surface area contributed by atoms with Crippen molar-refractivity contribution in [3.8, 4) is 0 Å². The molecule has 4 N–H and O–H groups in total. The Morgan fingerprint density at radius 1 is 1.31 bits per heavy atom. The van der Waals surface area contributed by atoms with Gasteiger partial charge < -0.3 is 10.8 Å². The summed E-state index contributed by atoms with van der Waals surface area (Å²) in [6, 6.07) is -0.272. The summed E-state index contributed by atoms with van der Waals surface area (Å²) in [5.41, 5.74) is 5.33. The van der Waals surface area contributed by atoms with Crippen LogP contribution in [0.3, 0.4) is 0 Å². The number of rotatable bonds is 0. The van der Waals surface area contributed by atoms with E-state index >= 15 is 0 Å². The predicted molar refractivity (Wildman–Crippen MR) is 44.0 cm³/mol. The highest BCUT2D eigenvalue weighted by Gasteiger charge is 2.38. The molecule has 0 aromatic rings. The Bertz CT molecular complexity index is 286. The van der Waals surface area contributed by atoms with E-state index in [1.54, 1.807) is 0 Å².